The molecule has 44 heavy (non-hydrogen) atoms. The van der Waals surface area contributed by atoms with Gasteiger partial charge in [-0.05, 0) is 10.4 Å². The Morgan fingerprint density at radius 1 is 1.32 bits per heavy atom. The topological polar surface area (TPSA) is 323 Å². The minimum atomic E-state index is -1.94. The molecule has 1 unspecified atom stereocenters. The van der Waals surface area contributed by atoms with Gasteiger partial charge in [0.05, 0.1) is 32.2 Å². The maximum atomic E-state index is 9.77. The molecule has 0 amide bonds. The van der Waals surface area contributed by atoms with Gasteiger partial charge in [0.15, 0.2) is 11.9 Å². The first-order valence-electron chi connectivity index (χ1n) is 12.2. The van der Waals surface area contributed by atoms with Crippen molar-refractivity contribution in [1.29, 1.82) is 5.26 Å². The van der Waals surface area contributed by atoms with Gasteiger partial charge >= 0.3 is 17.8 Å². The van der Waals surface area contributed by atoms with Gasteiger partial charge in [0.25, 0.3) is 6.26 Å². The van der Waals surface area contributed by atoms with Crippen molar-refractivity contribution >= 4 is 23.3 Å². The Bertz CT molecular complexity index is 1180. The van der Waals surface area contributed by atoms with Gasteiger partial charge in [0.1, 0.15) is 48.6 Å². The average molecular weight is 652 g/mol. The van der Waals surface area contributed by atoms with Crippen LogP contribution >= 0.6 is 11.6 Å². The number of methoxy groups -OCH3 is 1. The van der Waals surface area contributed by atoms with E-state index >= 15 is 0 Å². The Labute approximate surface area is 256 Å². The molecule has 0 radical (unpaired) electrons. The molecular formula is C24H36ClN6O13+. The number of aromatic nitrogens is 3. The number of alkyl halides is 1. The predicted molar refractivity (Wildman–Crippen MR) is 148 cm³/mol. The van der Waals surface area contributed by atoms with Crippen LogP contribution in [0.1, 0.15) is 18.7 Å². The van der Waals surface area contributed by atoms with Crippen molar-refractivity contribution in [2.75, 3.05) is 33.3 Å². The van der Waals surface area contributed by atoms with E-state index in [4.69, 9.17) is 25.9 Å². The molecule has 0 aliphatic carbocycles. The molecule has 19 nitrogen and oxygen atoms in total. The highest BCUT2D eigenvalue weighted by molar-refractivity contribution is 6.15. The Morgan fingerprint density at radius 2 is 1.95 bits per heavy atom. The standard InChI is InChI=1S/C10H13N3O5.C6H13NO5.C4HN2O.C3H6O2.CH3Cl/c14-4-7(15)9(17)8(16)6-3-11-10(12-6)5-1-2-18-13-5;7-2-6(11)5(10)4(9)3(1-8)12-6;5-3-4-1-2-7-6-4;1-3(4)5-2;1-2/h1-3,7-9,14-17H,4H2,(H,11,12);3-5,8-11H,1-2,7H2;2H;1-2H3;1H3/q;;+1;;/t7-,8-,9-;3-,4-,5+,6?;;;/m11.../s1. The fourth-order valence-electron chi connectivity index (χ4n) is 2.88. The van der Waals surface area contributed by atoms with E-state index in [0.717, 1.165) is 0 Å². The number of carbonyl (C=O) groups is 1. The lowest BCUT2D eigenvalue weighted by atomic mass is 10.1. The van der Waals surface area contributed by atoms with Crippen molar-refractivity contribution < 1.29 is 64.5 Å². The molecule has 0 aromatic carbocycles. The number of ether oxygens (including phenoxy) is 2. The third-order valence-electron chi connectivity index (χ3n) is 5.28. The van der Waals surface area contributed by atoms with E-state index in [-0.39, 0.29) is 23.9 Å². The number of halogens is 1. The number of imidazole rings is 1. The Kier molecular flexibility index (Phi) is 19.4. The van der Waals surface area contributed by atoms with E-state index < -0.39 is 55.6 Å². The van der Waals surface area contributed by atoms with Crippen LogP contribution < -0.4 is 5.73 Å². The number of hydrogen-bond donors (Lipinski definition) is 10. The highest BCUT2D eigenvalue weighted by Crippen LogP contribution is 2.27. The summed E-state index contributed by atoms with van der Waals surface area (Å²) in [5, 5.41) is 88.5. The first kappa shape index (κ1) is 40.4. The number of oxime groups is 1. The highest BCUT2D eigenvalue weighted by Gasteiger charge is 2.52. The second-order valence-corrected chi connectivity index (χ2v) is 8.20. The summed E-state index contributed by atoms with van der Waals surface area (Å²) in [6.45, 7) is -0.0925. The van der Waals surface area contributed by atoms with Crippen LogP contribution in [0.2, 0.25) is 0 Å². The quantitative estimate of drug-likeness (QED) is 0.0800. The van der Waals surface area contributed by atoms with Crippen LogP contribution in [-0.4, -0.2) is 137 Å². The van der Waals surface area contributed by atoms with Crippen LogP contribution in [0.15, 0.2) is 34.5 Å². The molecule has 11 N–H and O–H groups in total. The van der Waals surface area contributed by atoms with Crippen molar-refractivity contribution in [2.24, 2.45) is 10.9 Å². The molecule has 1 fully saturated rings. The van der Waals surface area contributed by atoms with Gasteiger partial charge < -0.3 is 70.4 Å². The molecule has 2 aliphatic heterocycles. The zero-order valence-electron chi connectivity index (χ0n) is 23.8. The van der Waals surface area contributed by atoms with E-state index in [1.807, 2.05) is 0 Å². The number of esters is 1. The van der Waals surface area contributed by atoms with Crippen molar-refractivity contribution in [3.05, 3.63) is 36.6 Å². The minimum absolute atomic E-state index is 0.194. The normalized spacial score (nSPS) is 23.0. The third kappa shape index (κ3) is 12.6. The number of nitrogens with zero attached hydrogens (tertiary/aromatic N) is 4. The molecule has 2 aromatic rings. The first-order valence-corrected chi connectivity index (χ1v) is 13.0. The van der Waals surface area contributed by atoms with Gasteiger partial charge in [0.2, 0.25) is 5.79 Å². The Morgan fingerprint density at radius 3 is 2.32 bits per heavy atom. The van der Waals surface area contributed by atoms with Crippen LogP contribution in [-0.2, 0) is 19.1 Å². The molecule has 246 valence electrons. The van der Waals surface area contributed by atoms with E-state index in [2.05, 4.69) is 52.1 Å². The van der Waals surface area contributed by atoms with Crippen LogP contribution in [0.4, 0.5) is 0 Å². The van der Waals surface area contributed by atoms with Crippen LogP contribution in [0, 0.1) is 17.4 Å². The SMILES string of the molecule is CCl.COC(C)=O.N#CC1=NOC=[C+]1.NCC1(O)O[C@H](CO)[C@@H](O)[C@@H]1O.OC[C@@H](O)[C@@H](O)[C@H](O)c1cnc(-c2ccon2)[nH]1. The molecule has 20 heteroatoms. The fourth-order valence-corrected chi connectivity index (χ4v) is 2.88. The van der Waals surface area contributed by atoms with Crippen molar-refractivity contribution in [1.82, 2.24) is 15.1 Å². The largest absolute Gasteiger partial charge is 0.469 e. The molecule has 1 saturated heterocycles. The lowest BCUT2D eigenvalue weighted by Gasteiger charge is -2.23. The van der Waals surface area contributed by atoms with Gasteiger partial charge in [0, 0.05) is 25.9 Å². The summed E-state index contributed by atoms with van der Waals surface area (Å²) in [5.41, 5.74) is 5.96. The summed E-state index contributed by atoms with van der Waals surface area (Å²) in [4.78, 5) is 20.6. The van der Waals surface area contributed by atoms with Crippen LogP contribution in [0.25, 0.3) is 11.5 Å². The number of nitrogens with two attached hydrogens (primary N) is 1. The zero-order valence-corrected chi connectivity index (χ0v) is 24.5. The Balaban J connectivity index is 0.000000611. The average Bonchev–Trinajstić information content (AvgIpc) is 3.88. The maximum absolute atomic E-state index is 9.77. The summed E-state index contributed by atoms with van der Waals surface area (Å²) >= 11 is 4.64. The van der Waals surface area contributed by atoms with Gasteiger partial charge in [-0.25, -0.2) is 4.98 Å². The number of H-pyrrole nitrogens is 1. The van der Waals surface area contributed by atoms with E-state index in [9.17, 15) is 35.4 Å². The highest BCUT2D eigenvalue weighted by atomic mass is 35.5. The monoisotopic (exact) mass is 651 g/mol. The number of hydrogen-bond acceptors (Lipinski definition) is 18. The van der Waals surface area contributed by atoms with Crippen LogP contribution in [0.5, 0.6) is 0 Å². The summed E-state index contributed by atoms with van der Waals surface area (Å²) in [6.07, 6.45) is -0.251. The van der Waals surface area contributed by atoms with Gasteiger partial charge in [-0.1, -0.05) is 5.16 Å². The van der Waals surface area contributed by atoms with Crippen molar-refractivity contribution in [3.8, 4) is 17.6 Å². The van der Waals surface area contributed by atoms with E-state index in [1.165, 1.54) is 39.1 Å². The fraction of sp³-hybridized carbons (Fsp3) is 0.542. The maximum Gasteiger partial charge on any atom is 0.423 e. The van der Waals surface area contributed by atoms with Crippen LogP contribution in [0.3, 0.4) is 0 Å². The third-order valence-corrected chi connectivity index (χ3v) is 5.28. The van der Waals surface area contributed by atoms with Gasteiger partial charge in [-0.3, -0.25) is 4.79 Å². The number of nitriles is 1. The lowest BCUT2D eigenvalue weighted by molar-refractivity contribution is -0.222. The number of nitrogens with one attached hydrogen (secondary N) is 1. The number of aromatic amines is 1. The van der Waals surface area contributed by atoms with Gasteiger partial charge in [-0.15, -0.1) is 11.6 Å². The predicted octanol–water partition coefficient (Wildman–Crippen LogP) is -3.19. The molecule has 0 bridgehead atoms. The molecule has 4 heterocycles. The number of aliphatic hydroxyl groups is 8. The first-order chi connectivity index (χ1) is 20.9. The zero-order chi connectivity index (χ0) is 33.9. The van der Waals surface area contributed by atoms with Crippen molar-refractivity contribution in [3.63, 3.8) is 0 Å². The molecule has 2 aliphatic rings. The second kappa shape index (κ2) is 21.2. The number of carbonyl (C=O) groups excluding carboxylic acids is 1. The molecule has 4 rings (SSSR count). The second-order valence-electron chi connectivity index (χ2n) is 8.20. The Hall–Kier alpha value is -3.61. The van der Waals surface area contributed by atoms with Crippen molar-refractivity contribution in [2.45, 2.75) is 49.3 Å². The molecule has 2 aromatic heterocycles. The summed E-state index contributed by atoms with van der Waals surface area (Å²) in [6, 6.07) is 3.32. The van der Waals surface area contributed by atoms with E-state index in [1.54, 1.807) is 12.1 Å². The number of allylic oxidation sites excluding steroid dienone is 1. The lowest BCUT2D eigenvalue weighted by Crippen LogP contribution is -2.48. The molecule has 7 atom stereocenters. The molecule has 0 spiro atoms. The minimum Gasteiger partial charge on any atom is -0.469 e. The number of aliphatic hydroxyl groups excluding tert-OH is 7. The number of rotatable bonds is 7. The van der Waals surface area contributed by atoms with Gasteiger partial charge in [-0.2, -0.15) is 0 Å². The smallest absolute Gasteiger partial charge is 0.423 e. The summed E-state index contributed by atoms with van der Waals surface area (Å²) in [7, 11) is 1.35. The molecular weight excluding hydrogens is 616 g/mol. The van der Waals surface area contributed by atoms with E-state index in [0.29, 0.717) is 11.5 Å². The summed E-state index contributed by atoms with van der Waals surface area (Å²) < 4.78 is 13.5. The summed E-state index contributed by atoms with van der Waals surface area (Å²) in [5.74, 6) is -1.82. The molecule has 0 saturated carbocycles.